The first kappa shape index (κ1) is 11.3. The van der Waals surface area contributed by atoms with E-state index in [2.05, 4.69) is 17.5 Å². The fourth-order valence-electron chi connectivity index (χ4n) is 2.87. The number of carbonyl (C=O) groups is 1. The molecule has 0 saturated carbocycles. The van der Waals surface area contributed by atoms with Gasteiger partial charge in [-0.2, -0.15) is 0 Å². The van der Waals surface area contributed by atoms with E-state index in [-0.39, 0.29) is 5.41 Å². The summed E-state index contributed by atoms with van der Waals surface area (Å²) in [7, 11) is 0. The van der Waals surface area contributed by atoms with Gasteiger partial charge >= 0.3 is 6.09 Å². The number of hydrogen-bond donors (Lipinski definition) is 2. The van der Waals surface area contributed by atoms with Crippen LogP contribution in [0.25, 0.3) is 6.08 Å². The molecule has 94 valence electrons. The minimum atomic E-state index is -1.03. The van der Waals surface area contributed by atoms with Crippen LogP contribution in [0.1, 0.15) is 24.0 Å². The van der Waals surface area contributed by atoms with Crippen molar-refractivity contribution >= 4 is 17.9 Å². The lowest BCUT2D eigenvalue weighted by atomic mass is 9.76. The third-order valence-corrected chi connectivity index (χ3v) is 3.81. The number of amides is 1. The Morgan fingerprint density at radius 3 is 2.83 bits per heavy atom. The van der Waals surface area contributed by atoms with Crippen molar-refractivity contribution in [3.8, 4) is 0 Å². The molecule has 2 N–H and O–H groups in total. The standard InChI is InChI=1S/C14H15NO3/c16-13(17)15-11-1-2-12-10(9-11)3-4-14(12)5-7-18-8-6-14/h1-4,9,15H,5-8H2,(H,16,17). The molecule has 1 fully saturated rings. The molecule has 0 bridgehead atoms. The molecule has 18 heavy (non-hydrogen) atoms. The molecule has 1 saturated heterocycles. The summed E-state index contributed by atoms with van der Waals surface area (Å²) in [4.78, 5) is 10.6. The van der Waals surface area contributed by atoms with Gasteiger partial charge in [0.25, 0.3) is 0 Å². The van der Waals surface area contributed by atoms with Crippen molar-refractivity contribution in [2.45, 2.75) is 18.3 Å². The lowest BCUT2D eigenvalue weighted by Gasteiger charge is -2.33. The van der Waals surface area contributed by atoms with Gasteiger partial charge in [0, 0.05) is 24.3 Å². The highest BCUT2D eigenvalue weighted by molar-refractivity contribution is 5.84. The highest BCUT2D eigenvalue weighted by atomic mass is 16.5. The van der Waals surface area contributed by atoms with Crippen LogP contribution in [0, 0.1) is 0 Å². The minimum Gasteiger partial charge on any atom is -0.465 e. The molecule has 0 radical (unpaired) electrons. The largest absolute Gasteiger partial charge is 0.465 e. The summed E-state index contributed by atoms with van der Waals surface area (Å²) in [5.41, 5.74) is 3.13. The molecule has 0 atom stereocenters. The van der Waals surface area contributed by atoms with Gasteiger partial charge in [0.15, 0.2) is 0 Å². The number of anilines is 1. The minimum absolute atomic E-state index is 0.106. The first-order valence-electron chi connectivity index (χ1n) is 6.11. The SMILES string of the molecule is O=C(O)Nc1ccc2c(c1)C=CC21CCOCC1. The molecular formula is C14H15NO3. The lowest BCUT2D eigenvalue weighted by molar-refractivity contribution is 0.0663. The van der Waals surface area contributed by atoms with Gasteiger partial charge in [-0.25, -0.2) is 4.79 Å². The zero-order chi connectivity index (χ0) is 12.6. The van der Waals surface area contributed by atoms with Crippen LogP contribution in [0.4, 0.5) is 10.5 Å². The summed E-state index contributed by atoms with van der Waals surface area (Å²) >= 11 is 0. The fraction of sp³-hybridized carbons (Fsp3) is 0.357. The second-order valence-electron chi connectivity index (χ2n) is 4.83. The van der Waals surface area contributed by atoms with Crippen molar-refractivity contribution in [3.63, 3.8) is 0 Å². The molecule has 1 spiro atoms. The summed E-state index contributed by atoms with van der Waals surface area (Å²) in [5.74, 6) is 0. The topological polar surface area (TPSA) is 58.6 Å². The van der Waals surface area contributed by atoms with Crippen molar-refractivity contribution in [3.05, 3.63) is 35.4 Å². The fourth-order valence-corrected chi connectivity index (χ4v) is 2.87. The van der Waals surface area contributed by atoms with Gasteiger partial charge in [-0.3, -0.25) is 5.32 Å². The molecule has 4 heteroatoms. The number of rotatable bonds is 1. The molecule has 0 aromatic heterocycles. The Labute approximate surface area is 105 Å². The van der Waals surface area contributed by atoms with Gasteiger partial charge < -0.3 is 9.84 Å². The van der Waals surface area contributed by atoms with E-state index in [1.807, 2.05) is 18.2 Å². The number of ether oxygens (including phenoxy) is 1. The van der Waals surface area contributed by atoms with Crippen LogP contribution in [0.5, 0.6) is 0 Å². The highest BCUT2D eigenvalue weighted by Crippen LogP contribution is 2.43. The van der Waals surface area contributed by atoms with Crippen molar-refractivity contribution < 1.29 is 14.6 Å². The molecular weight excluding hydrogens is 230 g/mol. The number of nitrogens with one attached hydrogen (secondary N) is 1. The molecule has 1 aromatic rings. The van der Waals surface area contributed by atoms with Crippen molar-refractivity contribution in [2.24, 2.45) is 0 Å². The normalized spacial score (nSPS) is 19.8. The zero-order valence-electron chi connectivity index (χ0n) is 9.98. The van der Waals surface area contributed by atoms with Gasteiger partial charge in [-0.05, 0) is 36.1 Å². The molecule has 1 aromatic carbocycles. The number of hydrogen-bond acceptors (Lipinski definition) is 2. The van der Waals surface area contributed by atoms with E-state index in [9.17, 15) is 4.79 Å². The van der Waals surface area contributed by atoms with E-state index in [0.29, 0.717) is 5.69 Å². The van der Waals surface area contributed by atoms with E-state index in [1.165, 1.54) is 5.56 Å². The second kappa shape index (κ2) is 4.14. The highest BCUT2D eigenvalue weighted by Gasteiger charge is 2.36. The Balaban J connectivity index is 1.93. The van der Waals surface area contributed by atoms with Crippen LogP contribution in [0.2, 0.25) is 0 Å². The Hall–Kier alpha value is -1.81. The van der Waals surface area contributed by atoms with Crippen molar-refractivity contribution in [1.29, 1.82) is 0 Å². The van der Waals surface area contributed by atoms with Gasteiger partial charge in [0.2, 0.25) is 0 Å². The Morgan fingerprint density at radius 1 is 1.33 bits per heavy atom. The van der Waals surface area contributed by atoms with Crippen LogP contribution in [-0.2, 0) is 10.2 Å². The number of fused-ring (bicyclic) bond motifs is 2. The number of carboxylic acid groups (broad SMARTS) is 1. The number of benzene rings is 1. The molecule has 1 aliphatic heterocycles. The first-order chi connectivity index (χ1) is 8.70. The smallest absolute Gasteiger partial charge is 0.409 e. The molecule has 1 heterocycles. The van der Waals surface area contributed by atoms with Crippen LogP contribution in [-0.4, -0.2) is 24.4 Å². The summed E-state index contributed by atoms with van der Waals surface area (Å²) in [6.45, 7) is 1.58. The maximum absolute atomic E-state index is 10.6. The second-order valence-corrected chi connectivity index (χ2v) is 4.83. The number of allylic oxidation sites excluding steroid dienone is 1. The summed E-state index contributed by atoms with van der Waals surface area (Å²) in [6.07, 6.45) is 5.31. The lowest BCUT2D eigenvalue weighted by Crippen LogP contribution is -2.30. The predicted octanol–water partition coefficient (Wildman–Crippen LogP) is 2.85. The zero-order valence-corrected chi connectivity index (χ0v) is 9.98. The third kappa shape index (κ3) is 1.78. The average Bonchev–Trinajstić information content (AvgIpc) is 2.68. The Bertz CT molecular complexity index is 516. The van der Waals surface area contributed by atoms with Gasteiger partial charge in [-0.15, -0.1) is 0 Å². The van der Waals surface area contributed by atoms with E-state index in [4.69, 9.17) is 9.84 Å². The quantitative estimate of drug-likeness (QED) is 0.799. The van der Waals surface area contributed by atoms with Crippen LogP contribution in [0.15, 0.2) is 24.3 Å². The molecule has 1 amide bonds. The average molecular weight is 245 g/mol. The van der Waals surface area contributed by atoms with Crippen LogP contribution in [0.3, 0.4) is 0 Å². The maximum atomic E-state index is 10.6. The van der Waals surface area contributed by atoms with E-state index >= 15 is 0 Å². The van der Waals surface area contributed by atoms with E-state index in [0.717, 1.165) is 31.6 Å². The maximum Gasteiger partial charge on any atom is 0.409 e. The third-order valence-electron chi connectivity index (χ3n) is 3.81. The molecule has 2 aliphatic rings. The monoisotopic (exact) mass is 245 g/mol. The molecule has 3 rings (SSSR count). The van der Waals surface area contributed by atoms with Crippen LogP contribution < -0.4 is 5.32 Å². The van der Waals surface area contributed by atoms with Gasteiger partial charge in [0.05, 0.1) is 0 Å². The van der Waals surface area contributed by atoms with E-state index in [1.54, 1.807) is 0 Å². The van der Waals surface area contributed by atoms with E-state index < -0.39 is 6.09 Å². The molecule has 1 aliphatic carbocycles. The summed E-state index contributed by atoms with van der Waals surface area (Å²) < 4.78 is 5.42. The summed E-state index contributed by atoms with van der Waals surface area (Å²) in [6, 6.07) is 5.76. The molecule has 4 nitrogen and oxygen atoms in total. The van der Waals surface area contributed by atoms with Gasteiger partial charge in [0.1, 0.15) is 0 Å². The molecule has 0 unspecified atom stereocenters. The first-order valence-corrected chi connectivity index (χ1v) is 6.11. The predicted molar refractivity (Wildman–Crippen MR) is 68.9 cm³/mol. The van der Waals surface area contributed by atoms with Gasteiger partial charge in [-0.1, -0.05) is 18.2 Å². The Kier molecular flexibility index (Phi) is 2.59. The van der Waals surface area contributed by atoms with Crippen molar-refractivity contribution in [2.75, 3.05) is 18.5 Å². The van der Waals surface area contributed by atoms with Crippen LogP contribution >= 0.6 is 0 Å². The Morgan fingerprint density at radius 2 is 2.11 bits per heavy atom. The van der Waals surface area contributed by atoms with Crippen molar-refractivity contribution in [1.82, 2.24) is 0 Å². The summed E-state index contributed by atoms with van der Waals surface area (Å²) in [5, 5.41) is 11.1.